The average molecular weight is 354 g/mol. The van der Waals surface area contributed by atoms with Gasteiger partial charge >= 0.3 is 5.97 Å². The molecule has 1 aliphatic rings. The van der Waals surface area contributed by atoms with Gasteiger partial charge in [0.1, 0.15) is 0 Å². The Labute approximate surface area is 135 Å². The summed E-state index contributed by atoms with van der Waals surface area (Å²) in [4.78, 5) is 14.1. The van der Waals surface area contributed by atoms with Crippen LogP contribution in [0.3, 0.4) is 0 Å². The van der Waals surface area contributed by atoms with Crippen molar-refractivity contribution < 1.29 is 9.90 Å². The minimum Gasteiger partial charge on any atom is -0.481 e. The maximum Gasteiger partial charge on any atom is 0.310 e. The standard InChI is InChI=1S/C17H24BrNO2/c1-3-15(13-7-5-8-14(18)11-13)19-10-6-9-17(4-2,12-19)16(20)21/h5,7-8,11,15H,3-4,6,9-10,12H2,1-2H3,(H,20,21). The SMILES string of the molecule is CCC(c1cccc(Br)c1)N1CCCC(CC)(C(=O)O)C1. The maximum atomic E-state index is 11.7. The summed E-state index contributed by atoms with van der Waals surface area (Å²) in [7, 11) is 0. The van der Waals surface area contributed by atoms with E-state index in [-0.39, 0.29) is 0 Å². The quantitative estimate of drug-likeness (QED) is 0.848. The number of carboxylic acid groups (broad SMARTS) is 1. The second-order valence-corrected chi connectivity index (χ2v) is 6.91. The van der Waals surface area contributed by atoms with Crippen molar-refractivity contribution in [2.24, 2.45) is 5.41 Å². The first-order chi connectivity index (χ1) is 10.0. The minimum atomic E-state index is -0.640. The summed E-state index contributed by atoms with van der Waals surface area (Å²) < 4.78 is 1.08. The number of likely N-dealkylation sites (tertiary alicyclic amines) is 1. The van der Waals surface area contributed by atoms with E-state index in [4.69, 9.17) is 0 Å². The molecule has 0 aromatic heterocycles. The molecule has 21 heavy (non-hydrogen) atoms. The fraction of sp³-hybridized carbons (Fsp3) is 0.588. The Kier molecular flexibility index (Phi) is 5.44. The molecule has 0 spiro atoms. The fourth-order valence-electron chi connectivity index (χ4n) is 3.47. The minimum absolute atomic E-state index is 0.299. The van der Waals surface area contributed by atoms with Crippen molar-refractivity contribution >= 4 is 21.9 Å². The molecule has 2 atom stereocenters. The van der Waals surface area contributed by atoms with E-state index in [1.807, 2.05) is 13.0 Å². The molecule has 2 unspecified atom stereocenters. The van der Waals surface area contributed by atoms with E-state index in [1.54, 1.807) is 0 Å². The van der Waals surface area contributed by atoms with Crippen molar-refractivity contribution in [3.05, 3.63) is 34.3 Å². The fourth-order valence-corrected chi connectivity index (χ4v) is 3.88. The number of benzene rings is 1. The van der Waals surface area contributed by atoms with Gasteiger partial charge in [0, 0.05) is 17.1 Å². The number of nitrogens with zero attached hydrogens (tertiary/aromatic N) is 1. The van der Waals surface area contributed by atoms with E-state index in [0.717, 1.165) is 30.3 Å². The van der Waals surface area contributed by atoms with Gasteiger partial charge in [0.05, 0.1) is 5.41 Å². The molecular formula is C17H24BrNO2. The van der Waals surface area contributed by atoms with E-state index in [1.165, 1.54) is 5.56 Å². The largest absolute Gasteiger partial charge is 0.481 e. The lowest BCUT2D eigenvalue weighted by atomic mass is 9.77. The summed E-state index contributed by atoms with van der Waals surface area (Å²) in [5, 5.41) is 9.64. The highest BCUT2D eigenvalue weighted by molar-refractivity contribution is 9.10. The monoisotopic (exact) mass is 353 g/mol. The van der Waals surface area contributed by atoms with Gasteiger partial charge in [-0.25, -0.2) is 0 Å². The predicted molar refractivity (Wildman–Crippen MR) is 88.3 cm³/mol. The Morgan fingerprint density at radius 3 is 2.81 bits per heavy atom. The highest BCUT2D eigenvalue weighted by Crippen LogP contribution is 2.38. The number of carboxylic acids is 1. The third-order valence-electron chi connectivity index (χ3n) is 4.80. The van der Waals surface area contributed by atoms with Gasteiger partial charge in [-0.05, 0) is 49.9 Å². The lowest BCUT2D eigenvalue weighted by molar-refractivity contribution is -0.153. The summed E-state index contributed by atoms with van der Waals surface area (Å²) >= 11 is 3.53. The number of hydrogen-bond acceptors (Lipinski definition) is 2. The van der Waals surface area contributed by atoms with Gasteiger partial charge < -0.3 is 5.11 Å². The van der Waals surface area contributed by atoms with Crippen molar-refractivity contribution in [2.75, 3.05) is 13.1 Å². The predicted octanol–water partition coefficient (Wildman–Crippen LogP) is 4.48. The van der Waals surface area contributed by atoms with E-state index in [9.17, 15) is 9.90 Å². The molecule has 1 aromatic carbocycles. The molecule has 0 amide bonds. The summed E-state index contributed by atoms with van der Waals surface area (Å²) in [5.41, 5.74) is 0.696. The molecule has 3 nitrogen and oxygen atoms in total. The third-order valence-corrected chi connectivity index (χ3v) is 5.29. The molecular weight excluding hydrogens is 330 g/mol. The lowest BCUT2D eigenvalue weighted by Gasteiger charge is -2.43. The second-order valence-electron chi connectivity index (χ2n) is 5.99. The van der Waals surface area contributed by atoms with Crippen LogP contribution in [0.2, 0.25) is 0 Å². The molecule has 1 N–H and O–H groups in total. The smallest absolute Gasteiger partial charge is 0.310 e. The Morgan fingerprint density at radius 2 is 2.24 bits per heavy atom. The Bertz CT molecular complexity index is 505. The normalized spacial score (nSPS) is 24.7. The maximum absolute atomic E-state index is 11.7. The molecule has 1 aliphatic heterocycles. The molecule has 4 heteroatoms. The highest BCUT2D eigenvalue weighted by Gasteiger charge is 2.42. The number of carbonyl (C=O) groups is 1. The summed E-state index contributed by atoms with van der Waals surface area (Å²) in [6, 6.07) is 8.67. The highest BCUT2D eigenvalue weighted by atomic mass is 79.9. The van der Waals surface area contributed by atoms with E-state index < -0.39 is 11.4 Å². The molecule has 0 radical (unpaired) electrons. The molecule has 116 valence electrons. The topological polar surface area (TPSA) is 40.5 Å². The summed E-state index contributed by atoms with van der Waals surface area (Å²) in [5.74, 6) is -0.640. The lowest BCUT2D eigenvalue weighted by Crippen LogP contribution is -2.48. The Hall–Kier alpha value is -0.870. The Balaban J connectivity index is 2.24. The number of halogens is 1. The number of piperidine rings is 1. The number of rotatable bonds is 5. The zero-order valence-electron chi connectivity index (χ0n) is 12.8. The number of hydrogen-bond donors (Lipinski definition) is 1. The van der Waals surface area contributed by atoms with Crippen molar-refractivity contribution in [1.82, 2.24) is 4.90 Å². The van der Waals surface area contributed by atoms with E-state index in [2.05, 4.69) is 46.0 Å². The van der Waals surface area contributed by atoms with Gasteiger partial charge in [-0.1, -0.05) is 41.9 Å². The van der Waals surface area contributed by atoms with Gasteiger partial charge in [0.2, 0.25) is 0 Å². The van der Waals surface area contributed by atoms with Crippen LogP contribution in [-0.2, 0) is 4.79 Å². The van der Waals surface area contributed by atoms with Crippen molar-refractivity contribution in [1.29, 1.82) is 0 Å². The van der Waals surface area contributed by atoms with Crippen LogP contribution in [0.25, 0.3) is 0 Å². The first kappa shape index (κ1) is 16.5. The van der Waals surface area contributed by atoms with Crippen molar-refractivity contribution in [3.63, 3.8) is 0 Å². The molecule has 2 rings (SSSR count). The van der Waals surface area contributed by atoms with Gasteiger partial charge in [0.15, 0.2) is 0 Å². The van der Waals surface area contributed by atoms with Crippen molar-refractivity contribution in [2.45, 2.75) is 45.6 Å². The van der Waals surface area contributed by atoms with E-state index in [0.29, 0.717) is 19.0 Å². The van der Waals surface area contributed by atoms with Gasteiger partial charge in [-0.3, -0.25) is 9.69 Å². The van der Waals surface area contributed by atoms with Crippen LogP contribution >= 0.6 is 15.9 Å². The van der Waals surface area contributed by atoms with E-state index >= 15 is 0 Å². The first-order valence-electron chi connectivity index (χ1n) is 7.75. The second kappa shape index (κ2) is 6.93. The van der Waals surface area contributed by atoms with Crippen LogP contribution in [0.5, 0.6) is 0 Å². The summed E-state index contributed by atoms with van der Waals surface area (Å²) in [6.45, 7) is 5.82. The Morgan fingerprint density at radius 1 is 1.48 bits per heavy atom. The molecule has 0 saturated carbocycles. The zero-order chi connectivity index (χ0) is 15.5. The number of aliphatic carboxylic acids is 1. The van der Waals surface area contributed by atoms with Gasteiger partial charge in [-0.2, -0.15) is 0 Å². The van der Waals surface area contributed by atoms with Crippen LogP contribution in [0.15, 0.2) is 28.7 Å². The summed E-state index contributed by atoms with van der Waals surface area (Å²) in [6.07, 6.45) is 3.46. The van der Waals surface area contributed by atoms with Crippen LogP contribution in [0.4, 0.5) is 0 Å². The first-order valence-corrected chi connectivity index (χ1v) is 8.54. The zero-order valence-corrected chi connectivity index (χ0v) is 14.4. The molecule has 1 saturated heterocycles. The van der Waals surface area contributed by atoms with Crippen LogP contribution < -0.4 is 0 Å². The molecule has 0 bridgehead atoms. The van der Waals surface area contributed by atoms with Crippen LogP contribution in [0.1, 0.15) is 51.1 Å². The molecule has 0 aliphatic carbocycles. The average Bonchev–Trinajstić information content (AvgIpc) is 2.48. The van der Waals surface area contributed by atoms with Crippen molar-refractivity contribution in [3.8, 4) is 0 Å². The molecule has 1 fully saturated rings. The third kappa shape index (κ3) is 3.49. The van der Waals surface area contributed by atoms with Gasteiger partial charge in [-0.15, -0.1) is 0 Å². The van der Waals surface area contributed by atoms with Crippen LogP contribution in [0, 0.1) is 5.41 Å². The molecule has 1 aromatic rings. The van der Waals surface area contributed by atoms with Crippen LogP contribution in [-0.4, -0.2) is 29.1 Å². The van der Waals surface area contributed by atoms with Gasteiger partial charge in [0.25, 0.3) is 0 Å². The molecule has 1 heterocycles.